The quantitative estimate of drug-likeness (QED) is 0.745. The lowest BCUT2D eigenvalue weighted by Gasteiger charge is -2.38. The summed E-state index contributed by atoms with van der Waals surface area (Å²) in [5.74, 6) is 0. The lowest BCUT2D eigenvalue weighted by atomic mass is 10.1. The second-order valence-electron chi connectivity index (χ2n) is 7.81. The van der Waals surface area contributed by atoms with Crippen LogP contribution in [0.3, 0.4) is 0 Å². The van der Waals surface area contributed by atoms with E-state index in [9.17, 15) is 9.59 Å². The Hall–Kier alpha value is -1.46. The van der Waals surface area contributed by atoms with E-state index in [2.05, 4.69) is 0 Å². The first-order chi connectivity index (χ1) is 9.89. The van der Waals surface area contributed by atoms with Crippen molar-refractivity contribution in [1.82, 2.24) is 9.80 Å². The molecule has 0 N–H and O–H groups in total. The van der Waals surface area contributed by atoms with E-state index in [0.29, 0.717) is 13.1 Å². The van der Waals surface area contributed by atoms with Crippen LogP contribution < -0.4 is 0 Å². The Balaban J connectivity index is 2.62. The highest BCUT2D eigenvalue weighted by atomic mass is 16.6. The van der Waals surface area contributed by atoms with Crippen molar-refractivity contribution in [1.29, 1.82) is 0 Å². The van der Waals surface area contributed by atoms with Crippen molar-refractivity contribution in [2.75, 3.05) is 20.1 Å². The van der Waals surface area contributed by atoms with Gasteiger partial charge in [-0.1, -0.05) is 0 Å². The maximum Gasteiger partial charge on any atom is 0.410 e. The Kier molecular flexibility index (Phi) is 5.70. The van der Waals surface area contributed by atoms with Gasteiger partial charge in [0, 0.05) is 20.1 Å². The summed E-state index contributed by atoms with van der Waals surface area (Å²) in [4.78, 5) is 27.5. The van der Waals surface area contributed by atoms with Crippen LogP contribution in [-0.4, -0.2) is 59.4 Å². The second-order valence-corrected chi connectivity index (χ2v) is 7.81. The van der Waals surface area contributed by atoms with Gasteiger partial charge in [-0.05, 0) is 54.4 Å². The van der Waals surface area contributed by atoms with Crippen molar-refractivity contribution in [3.63, 3.8) is 0 Å². The van der Waals surface area contributed by atoms with Gasteiger partial charge in [0.2, 0.25) is 0 Å². The molecule has 0 aliphatic carbocycles. The number of hydrogen-bond donors (Lipinski definition) is 0. The number of nitrogens with zero attached hydrogens (tertiary/aromatic N) is 2. The molecule has 6 nitrogen and oxygen atoms in total. The molecule has 2 amide bonds. The van der Waals surface area contributed by atoms with Crippen LogP contribution >= 0.6 is 0 Å². The molecule has 1 saturated heterocycles. The molecule has 0 radical (unpaired) electrons. The molecule has 22 heavy (non-hydrogen) atoms. The minimum atomic E-state index is -0.523. The minimum absolute atomic E-state index is 0.0453. The van der Waals surface area contributed by atoms with E-state index in [4.69, 9.17) is 9.47 Å². The van der Waals surface area contributed by atoms with E-state index in [1.54, 1.807) is 16.8 Å². The van der Waals surface area contributed by atoms with Crippen molar-refractivity contribution in [3.8, 4) is 0 Å². The first-order valence-electron chi connectivity index (χ1n) is 7.83. The monoisotopic (exact) mass is 314 g/mol. The molecular formula is C16H30N2O4. The molecule has 0 aromatic heterocycles. The number of carbonyl (C=O) groups excluding carboxylic acids is 2. The van der Waals surface area contributed by atoms with Gasteiger partial charge in [-0.3, -0.25) is 0 Å². The second kappa shape index (κ2) is 6.75. The SMILES string of the molecule is CN(C(=O)OC(C)(C)C)[C@H]1CCCN(C(=O)OC(C)(C)C)C1. The molecule has 1 fully saturated rings. The van der Waals surface area contributed by atoms with Gasteiger partial charge >= 0.3 is 12.2 Å². The van der Waals surface area contributed by atoms with Crippen LogP contribution in [0.15, 0.2) is 0 Å². The Morgan fingerprint density at radius 1 is 1.05 bits per heavy atom. The molecule has 1 aliphatic rings. The Labute approximate surface area is 133 Å². The summed E-state index contributed by atoms with van der Waals surface area (Å²) in [6.07, 6.45) is 1.02. The predicted octanol–water partition coefficient (Wildman–Crippen LogP) is 3.25. The molecule has 0 spiro atoms. The number of rotatable bonds is 1. The Bertz CT molecular complexity index is 383. The highest BCUT2D eigenvalue weighted by molar-refractivity contribution is 5.70. The zero-order chi connectivity index (χ0) is 17.1. The van der Waals surface area contributed by atoms with Gasteiger partial charge in [-0.2, -0.15) is 0 Å². The van der Waals surface area contributed by atoms with Crippen LogP contribution in [0.1, 0.15) is 54.4 Å². The first kappa shape index (κ1) is 18.6. The summed E-state index contributed by atoms with van der Waals surface area (Å²) in [6.45, 7) is 12.2. The van der Waals surface area contributed by atoms with Gasteiger partial charge in [0.1, 0.15) is 11.2 Å². The van der Waals surface area contributed by atoms with Crippen LogP contribution in [-0.2, 0) is 9.47 Å². The molecule has 1 heterocycles. The zero-order valence-corrected chi connectivity index (χ0v) is 14.9. The molecule has 1 aliphatic heterocycles. The Morgan fingerprint density at radius 2 is 1.59 bits per heavy atom. The molecule has 0 aromatic rings. The van der Waals surface area contributed by atoms with Crippen molar-refractivity contribution >= 4 is 12.2 Å². The van der Waals surface area contributed by atoms with E-state index in [0.717, 1.165) is 12.8 Å². The number of hydrogen-bond acceptors (Lipinski definition) is 4. The van der Waals surface area contributed by atoms with E-state index < -0.39 is 11.2 Å². The van der Waals surface area contributed by atoms with E-state index in [1.807, 2.05) is 41.5 Å². The zero-order valence-electron chi connectivity index (χ0n) is 14.9. The van der Waals surface area contributed by atoms with Gasteiger partial charge in [0.05, 0.1) is 6.04 Å². The maximum atomic E-state index is 12.1. The van der Waals surface area contributed by atoms with Gasteiger partial charge in [0.25, 0.3) is 0 Å². The topological polar surface area (TPSA) is 59.1 Å². The first-order valence-corrected chi connectivity index (χ1v) is 7.83. The molecule has 128 valence electrons. The minimum Gasteiger partial charge on any atom is -0.444 e. The lowest BCUT2D eigenvalue weighted by molar-refractivity contribution is -0.000508. The average molecular weight is 314 g/mol. The number of likely N-dealkylation sites (N-methyl/N-ethyl adjacent to an activating group) is 1. The summed E-state index contributed by atoms with van der Waals surface area (Å²) in [6, 6.07) is -0.0453. The van der Waals surface area contributed by atoms with Gasteiger partial charge in [-0.15, -0.1) is 0 Å². The largest absolute Gasteiger partial charge is 0.444 e. The van der Waals surface area contributed by atoms with Crippen LogP contribution in [0, 0.1) is 0 Å². The standard InChI is InChI=1S/C16H30N2O4/c1-15(2,3)21-13(19)17(7)12-9-8-10-18(11-12)14(20)22-16(4,5)6/h12H,8-11H2,1-7H3/t12-/m0/s1. The summed E-state index contributed by atoms with van der Waals surface area (Å²) in [7, 11) is 1.72. The van der Waals surface area contributed by atoms with Crippen LogP contribution in [0.25, 0.3) is 0 Å². The van der Waals surface area contributed by atoms with Gasteiger partial charge in [-0.25, -0.2) is 9.59 Å². The normalized spacial score (nSPS) is 19.6. The number of piperidine rings is 1. The number of amides is 2. The third-order valence-corrected chi connectivity index (χ3v) is 3.28. The highest BCUT2D eigenvalue weighted by Crippen LogP contribution is 2.20. The van der Waals surface area contributed by atoms with Crippen LogP contribution in [0.2, 0.25) is 0 Å². The van der Waals surface area contributed by atoms with Gasteiger partial charge in [0.15, 0.2) is 0 Å². The smallest absolute Gasteiger partial charge is 0.410 e. The molecule has 1 rings (SSSR count). The third kappa shape index (κ3) is 6.12. The number of carbonyl (C=O) groups is 2. The average Bonchev–Trinajstić information content (AvgIpc) is 2.34. The third-order valence-electron chi connectivity index (χ3n) is 3.28. The summed E-state index contributed by atoms with van der Waals surface area (Å²) < 4.78 is 10.8. The molecule has 6 heteroatoms. The van der Waals surface area contributed by atoms with E-state index in [-0.39, 0.29) is 18.2 Å². The van der Waals surface area contributed by atoms with E-state index in [1.165, 1.54) is 0 Å². The predicted molar refractivity (Wildman–Crippen MR) is 84.8 cm³/mol. The number of ether oxygens (including phenoxy) is 2. The summed E-state index contributed by atoms with van der Waals surface area (Å²) in [5.41, 5.74) is -1.04. The molecule has 0 unspecified atom stereocenters. The maximum absolute atomic E-state index is 12.1. The number of likely N-dealkylation sites (tertiary alicyclic amines) is 1. The lowest BCUT2D eigenvalue weighted by Crippen LogP contribution is -2.52. The molecule has 1 atom stereocenters. The summed E-state index contributed by atoms with van der Waals surface area (Å²) in [5, 5.41) is 0. The fourth-order valence-electron chi connectivity index (χ4n) is 2.25. The Morgan fingerprint density at radius 3 is 2.09 bits per heavy atom. The van der Waals surface area contributed by atoms with Crippen LogP contribution in [0.5, 0.6) is 0 Å². The molecule has 0 bridgehead atoms. The molecule has 0 saturated carbocycles. The van der Waals surface area contributed by atoms with Gasteiger partial charge < -0.3 is 19.3 Å². The van der Waals surface area contributed by atoms with Crippen molar-refractivity contribution in [3.05, 3.63) is 0 Å². The molecule has 0 aromatic carbocycles. The molecular weight excluding hydrogens is 284 g/mol. The van der Waals surface area contributed by atoms with Crippen LogP contribution in [0.4, 0.5) is 9.59 Å². The van der Waals surface area contributed by atoms with Crippen molar-refractivity contribution in [2.24, 2.45) is 0 Å². The summed E-state index contributed by atoms with van der Waals surface area (Å²) >= 11 is 0. The van der Waals surface area contributed by atoms with E-state index >= 15 is 0 Å². The highest BCUT2D eigenvalue weighted by Gasteiger charge is 2.32. The fourth-order valence-corrected chi connectivity index (χ4v) is 2.25. The van der Waals surface area contributed by atoms with Crippen molar-refractivity contribution < 1.29 is 19.1 Å². The fraction of sp³-hybridized carbons (Fsp3) is 0.875. The van der Waals surface area contributed by atoms with Crippen molar-refractivity contribution in [2.45, 2.75) is 71.6 Å².